The summed E-state index contributed by atoms with van der Waals surface area (Å²) < 4.78 is 11.5. The molecule has 0 fully saturated rings. The second kappa shape index (κ2) is 9.33. The SMILES string of the molecule is COC(=O)c1c(NC(=O)C(C)Sc2c(=O)o[nH][n+]2-c2ccc(C)cc2)sc2c1CCCC2. The van der Waals surface area contributed by atoms with Crippen molar-refractivity contribution in [2.45, 2.75) is 49.8 Å². The van der Waals surface area contributed by atoms with E-state index in [-0.39, 0.29) is 10.9 Å². The molecule has 0 aliphatic heterocycles. The third-order valence-electron chi connectivity index (χ3n) is 5.35. The first-order valence-electron chi connectivity index (χ1n) is 10.3. The number of aromatic nitrogens is 2. The van der Waals surface area contributed by atoms with E-state index in [0.717, 1.165) is 59.1 Å². The van der Waals surface area contributed by atoms with E-state index in [0.29, 0.717) is 10.6 Å². The molecule has 3 aromatic rings. The summed E-state index contributed by atoms with van der Waals surface area (Å²) in [6.07, 6.45) is 3.77. The number of amides is 1. The number of nitrogens with one attached hydrogen (secondary N) is 2. The van der Waals surface area contributed by atoms with Crippen molar-refractivity contribution in [3.63, 3.8) is 0 Å². The highest BCUT2D eigenvalue weighted by molar-refractivity contribution is 8.00. The summed E-state index contributed by atoms with van der Waals surface area (Å²) in [5, 5.41) is 5.62. The van der Waals surface area contributed by atoms with Crippen molar-refractivity contribution in [2.75, 3.05) is 12.4 Å². The molecule has 0 saturated heterocycles. The largest absolute Gasteiger partial charge is 0.465 e. The van der Waals surface area contributed by atoms with E-state index in [9.17, 15) is 14.4 Å². The van der Waals surface area contributed by atoms with E-state index in [1.54, 1.807) is 6.92 Å². The van der Waals surface area contributed by atoms with Crippen LogP contribution in [0.5, 0.6) is 0 Å². The Hall–Kier alpha value is -2.85. The van der Waals surface area contributed by atoms with Gasteiger partial charge in [-0.25, -0.2) is 9.59 Å². The summed E-state index contributed by atoms with van der Waals surface area (Å²) in [7, 11) is 1.34. The van der Waals surface area contributed by atoms with Gasteiger partial charge < -0.3 is 10.1 Å². The van der Waals surface area contributed by atoms with Gasteiger partial charge in [0.25, 0.3) is 0 Å². The molecule has 168 valence electrons. The van der Waals surface area contributed by atoms with Crippen LogP contribution in [-0.4, -0.2) is 29.5 Å². The molecule has 8 nitrogen and oxygen atoms in total. The zero-order valence-electron chi connectivity index (χ0n) is 18.0. The van der Waals surface area contributed by atoms with E-state index >= 15 is 0 Å². The third kappa shape index (κ3) is 4.37. The third-order valence-corrected chi connectivity index (χ3v) is 7.70. The summed E-state index contributed by atoms with van der Waals surface area (Å²) in [5.41, 5.74) is 2.68. The Morgan fingerprint density at radius 2 is 1.97 bits per heavy atom. The van der Waals surface area contributed by atoms with Gasteiger partial charge in [-0.3, -0.25) is 9.32 Å². The van der Waals surface area contributed by atoms with Crippen LogP contribution in [0.25, 0.3) is 5.69 Å². The fourth-order valence-corrected chi connectivity index (χ4v) is 5.80. The van der Waals surface area contributed by atoms with Crippen molar-refractivity contribution in [3.8, 4) is 5.69 Å². The number of fused-ring (bicyclic) bond motifs is 1. The van der Waals surface area contributed by atoms with Gasteiger partial charge in [-0.05, 0) is 66.8 Å². The molecule has 4 rings (SSSR count). The Kier molecular flexibility index (Phi) is 6.52. The number of anilines is 1. The van der Waals surface area contributed by atoms with Crippen LogP contribution in [0.1, 0.15) is 46.1 Å². The molecule has 1 aliphatic carbocycles. The minimum absolute atomic E-state index is 0.259. The molecule has 1 atom stereocenters. The number of thioether (sulfide) groups is 1. The fraction of sp³-hybridized carbons (Fsp3) is 0.364. The van der Waals surface area contributed by atoms with Crippen LogP contribution >= 0.6 is 23.1 Å². The van der Waals surface area contributed by atoms with Gasteiger partial charge in [0.1, 0.15) is 5.00 Å². The highest BCUT2D eigenvalue weighted by Gasteiger charge is 2.31. The van der Waals surface area contributed by atoms with Gasteiger partial charge in [0, 0.05) is 17.0 Å². The zero-order chi connectivity index (χ0) is 22.8. The number of ether oxygens (including phenoxy) is 1. The van der Waals surface area contributed by atoms with E-state index in [4.69, 9.17) is 9.26 Å². The summed E-state index contributed by atoms with van der Waals surface area (Å²) in [6, 6.07) is 7.55. The molecular formula is C22H24N3O5S2+. The second-order valence-electron chi connectivity index (χ2n) is 7.61. The van der Waals surface area contributed by atoms with Crippen molar-refractivity contribution < 1.29 is 23.5 Å². The monoisotopic (exact) mass is 474 g/mol. The smallest absolute Gasteiger partial charge is 0.442 e. The standard InChI is InChI=1S/C22H23N3O5S2/c1-12-8-10-14(11-9-12)25-20(22(28)30-24-25)31-13(2)18(26)23-19-17(21(27)29-3)15-6-4-5-7-16(15)32-19/h8-11,13H,4-7H2,1-3H3,(H-,23,24,26,27,28)/p+1. The van der Waals surface area contributed by atoms with Crippen molar-refractivity contribution in [1.29, 1.82) is 0 Å². The maximum Gasteiger partial charge on any atom is 0.442 e. The highest BCUT2D eigenvalue weighted by Crippen LogP contribution is 2.39. The Balaban J connectivity index is 1.56. The van der Waals surface area contributed by atoms with Gasteiger partial charge in [-0.2, -0.15) is 0 Å². The first kappa shape index (κ1) is 22.3. The summed E-state index contributed by atoms with van der Waals surface area (Å²) in [4.78, 5) is 38.8. The molecule has 2 aromatic heterocycles. The number of nitrogens with zero attached hydrogens (tertiary/aromatic N) is 1. The molecule has 10 heteroatoms. The average molecular weight is 475 g/mol. The number of hydrogen-bond acceptors (Lipinski definition) is 7. The predicted molar refractivity (Wildman–Crippen MR) is 122 cm³/mol. The lowest BCUT2D eigenvalue weighted by Crippen LogP contribution is -2.37. The number of carbonyl (C=O) groups is 2. The normalized spacial score (nSPS) is 14.0. The number of methoxy groups -OCH3 is 1. The summed E-state index contributed by atoms with van der Waals surface area (Å²) in [5.74, 6) is -0.752. The molecular weight excluding hydrogens is 450 g/mol. The zero-order valence-corrected chi connectivity index (χ0v) is 19.7. The number of carbonyl (C=O) groups excluding carboxylic acids is 2. The number of H-pyrrole nitrogens is 1. The van der Waals surface area contributed by atoms with E-state index in [2.05, 4.69) is 10.6 Å². The molecule has 1 aliphatic rings. The van der Waals surface area contributed by atoms with Crippen LogP contribution in [-0.2, 0) is 22.4 Å². The van der Waals surface area contributed by atoms with Gasteiger partial charge in [0.15, 0.2) is 0 Å². The first-order valence-corrected chi connectivity index (χ1v) is 12.0. The average Bonchev–Trinajstić information content (AvgIpc) is 3.33. The number of rotatable bonds is 6. The lowest BCUT2D eigenvalue weighted by atomic mass is 9.95. The van der Waals surface area contributed by atoms with E-state index in [1.807, 2.05) is 31.2 Å². The molecule has 0 spiro atoms. The Morgan fingerprint density at radius 1 is 1.25 bits per heavy atom. The van der Waals surface area contributed by atoms with Gasteiger partial charge in [0.2, 0.25) is 11.6 Å². The van der Waals surface area contributed by atoms with Gasteiger partial charge >= 0.3 is 16.6 Å². The predicted octanol–water partition coefficient (Wildman–Crippen LogP) is 3.40. The quantitative estimate of drug-likeness (QED) is 0.322. The van der Waals surface area contributed by atoms with Crippen LogP contribution in [0.3, 0.4) is 0 Å². The van der Waals surface area contributed by atoms with Crippen molar-refractivity contribution in [1.82, 2.24) is 5.27 Å². The molecule has 2 N–H and O–H groups in total. The molecule has 1 aromatic carbocycles. The van der Waals surface area contributed by atoms with E-state index in [1.165, 1.54) is 23.1 Å². The molecule has 0 radical (unpaired) electrons. The number of benzene rings is 1. The number of esters is 1. The Labute approximate surface area is 192 Å². The molecule has 1 amide bonds. The molecule has 2 heterocycles. The second-order valence-corrected chi connectivity index (χ2v) is 10.0. The van der Waals surface area contributed by atoms with Crippen LogP contribution in [0.15, 0.2) is 38.6 Å². The number of thiophene rings is 1. The molecule has 0 bridgehead atoms. The maximum absolute atomic E-state index is 13.0. The van der Waals surface area contributed by atoms with Crippen molar-refractivity contribution in [3.05, 3.63) is 56.3 Å². The maximum atomic E-state index is 13.0. The van der Waals surface area contributed by atoms with Crippen molar-refractivity contribution in [2.24, 2.45) is 0 Å². The number of hydrogen-bond donors (Lipinski definition) is 2. The molecule has 1 unspecified atom stereocenters. The Bertz CT molecular complexity index is 1210. The lowest BCUT2D eigenvalue weighted by molar-refractivity contribution is -0.704. The van der Waals surface area contributed by atoms with Crippen LogP contribution < -0.4 is 15.6 Å². The van der Waals surface area contributed by atoms with Crippen molar-refractivity contribution >= 4 is 40.0 Å². The van der Waals surface area contributed by atoms with E-state index < -0.39 is 16.8 Å². The highest BCUT2D eigenvalue weighted by atomic mass is 32.2. The summed E-state index contributed by atoms with van der Waals surface area (Å²) >= 11 is 2.52. The number of aromatic amines is 1. The fourth-order valence-electron chi connectivity index (χ4n) is 3.63. The molecule has 32 heavy (non-hydrogen) atoms. The van der Waals surface area contributed by atoms with Crippen LogP contribution in [0, 0.1) is 6.92 Å². The van der Waals surface area contributed by atoms with Gasteiger partial charge in [-0.1, -0.05) is 17.7 Å². The lowest BCUT2D eigenvalue weighted by Gasteiger charge is -2.12. The van der Waals surface area contributed by atoms with Gasteiger partial charge in [0.05, 0.1) is 17.9 Å². The first-order chi connectivity index (χ1) is 15.4. The topological polar surface area (TPSA) is 105 Å². The molecule has 0 saturated carbocycles. The minimum atomic E-state index is -0.616. The summed E-state index contributed by atoms with van der Waals surface area (Å²) in [6.45, 7) is 3.68. The number of aryl methyl sites for hydroxylation is 2. The van der Waals surface area contributed by atoms with Crippen LogP contribution in [0.2, 0.25) is 0 Å². The van der Waals surface area contributed by atoms with Gasteiger partial charge in [-0.15, -0.1) is 11.3 Å². The minimum Gasteiger partial charge on any atom is -0.465 e. The Morgan fingerprint density at radius 3 is 2.69 bits per heavy atom. The van der Waals surface area contributed by atoms with Crippen LogP contribution in [0.4, 0.5) is 5.00 Å².